The third-order valence-corrected chi connectivity index (χ3v) is 1.83. The van der Waals surface area contributed by atoms with Crippen molar-refractivity contribution in [2.24, 2.45) is 0 Å². The lowest BCUT2D eigenvalue weighted by atomic mass is 10.1. The van der Waals surface area contributed by atoms with Crippen molar-refractivity contribution in [2.45, 2.75) is 0 Å². The Morgan fingerprint density at radius 2 is 2.25 bits per heavy atom. The molecule has 0 aliphatic heterocycles. The molecule has 1 aromatic rings. The summed E-state index contributed by atoms with van der Waals surface area (Å²) in [5, 5.41) is 19.1. The highest BCUT2D eigenvalue weighted by molar-refractivity contribution is 5.86. The Labute approximate surface area is 90.9 Å². The van der Waals surface area contributed by atoms with E-state index in [1.165, 1.54) is 31.4 Å². The molecule has 6 nitrogen and oxygen atoms in total. The van der Waals surface area contributed by atoms with Crippen LogP contribution in [-0.2, 0) is 4.79 Å². The van der Waals surface area contributed by atoms with Gasteiger partial charge in [-0.05, 0) is 6.08 Å². The lowest BCUT2D eigenvalue weighted by molar-refractivity contribution is -0.385. The average molecular weight is 223 g/mol. The van der Waals surface area contributed by atoms with Crippen molar-refractivity contribution in [2.75, 3.05) is 7.11 Å². The Balaban J connectivity index is 3.24. The summed E-state index contributed by atoms with van der Waals surface area (Å²) in [5.74, 6) is -1.08. The second-order valence-corrected chi connectivity index (χ2v) is 2.83. The topological polar surface area (TPSA) is 89.7 Å². The molecule has 1 rings (SSSR count). The first-order chi connectivity index (χ1) is 7.56. The maximum Gasteiger partial charge on any atom is 0.328 e. The van der Waals surface area contributed by atoms with Crippen LogP contribution in [-0.4, -0.2) is 23.1 Å². The van der Waals surface area contributed by atoms with Crippen LogP contribution < -0.4 is 4.74 Å². The molecule has 0 fully saturated rings. The number of benzene rings is 1. The monoisotopic (exact) mass is 223 g/mol. The van der Waals surface area contributed by atoms with Crippen LogP contribution in [0.3, 0.4) is 0 Å². The molecule has 0 atom stereocenters. The van der Waals surface area contributed by atoms with Crippen LogP contribution in [0.25, 0.3) is 6.08 Å². The van der Waals surface area contributed by atoms with E-state index >= 15 is 0 Å². The van der Waals surface area contributed by atoms with Gasteiger partial charge in [0.15, 0.2) is 0 Å². The van der Waals surface area contributed by atoms with E-state index in [0.29, 0.717) is 5.56 Å². The summed E-state index contributed by atoms with van der Waals surface area (Å²) >= 11 is 0. The van der Waals surface area contributed by atoms with Crippen molar-refractivity contribution in [1.82, 2.24) is 0 Å². The largest absolute Gasteiger partial charge is 0.490 e. The molecule has 0 saturated carbocycles. The van der Waals surface area contributed by atoms with Crippen LogP contribution in [0.2, 0.25) is 0 Å². The predicted molar refractivity (Wildman–Crippen MR) is 56.3 cm³/mol. The predicted octanol–water partition coefficient (Wildman–Crippen LogP) is 1.70. The Kier molecular flexibility index (Phi) is 3.60. The first-order valence-electron chi connectivity index (χ1n) is 4.28. The van der Waals surface area contributed by atoms with Gasteiger partial charge in [-0.2, -0.15) is 0 Å². The maximum absolute atomic E-state index is 10.7. The Hall–Kier alpha value is -2.37. The highest BCUT2D eigenvalue weighted by Gasteiger charge is 2.16. The molecule has 16 heavy (non-hydrogen) atoms. The van der Waals surface area contributed by atoms with Crippen LogP contribution in [0, 0.1) is 10.1 Å². The fourth-order valence-corrected chi connectivity index (χ4v) is 1.20. The number of aliphatic carboxylic acids is 1. The lowest BCUT2D eigenvalue weighted by Gasteiger charge is -2.04. The van der Waals surface area contributed by atoms with Crippen LogP contribution in [0.15, 0.2) is 24.3 Å². The summed E-state index contributed by atoms with van der Waals surface area (Å²) in [6.45, 7) is 0. The number of rotatable bonds is 4. The van der Waals surface area contributed by atoms with Crippen molar-refractivity contribution < 1.29 is 19.6 Å². The van der Waals surface area contributed by atoms with Crippen molar-refractivity contribution >= 4 is 17.7 Å². The van der Waals surface area contributed by atoms with Gasteiger partial charge in [-0.3, -0.25) is 10.1 Å². The molecule has 0 aliphatic carbocycles. The van der Waals surface area contributed by atoms with Crippen LogP contribution in [0.1, 0.15) is 5.56 Å². The molecule has 1 N–H and O–H groups in total. The third kappa shape index (κ3) is 2.57. The zero-order valence-corrected chi connectivity index (χ0v) is 8.41. The van der Waals surface area contributed by atoms with Crippen molar-refractivity contribution in [3.05, 3.63) is 40.0 Å². The number of ether oxygens (including phenoxy) is 1. The van der Waals surface area contributed by atoms with Gasteiger partial charge in [0, 0.05) is 17.7 Å². The van der Waals surface area contributed by atoms with E-state index in [1.807, 2.05) is 0 Å². The van der Waals surface area contributed by atoms with E-state index in [4.69, 9.17) is 9.84 Å². The number of nitro groups is 1. The Bertz CT molecular complexity index is 453. The Morgan fingerprint density at radius 3 is 2.75 bits per heavy atom. The number of nitro benzene ring substituents is 1. The number of carboxylic acids is 1. The molecule has 0 heterocycles. The molecule has 0 aromatic heterocycles. The summed E-state index contributed by atoms with van der Waals surface area (Å²) in [6, 6.07) is 4.28. The molecule has 0 amide bonds. The zero-order chi connectivity index (χ0) is 12.1. The molecule has 0 aliphatic rings. The van der Waals surface area contributed by atoms with Gasteiger partial charge in [0.2, 0.25) is 5.75 Å². The summed E-state index contributed by atoms with van der Waals surface area (Å²) < 4.78 is 4.88. The summed E-state index contributed by atoms with van der Waals surface area (Å²) in [5.41, 5.74) is 0.147. The third-order valence-electron chi connectivity index (χ3n) is 1.83. The maximum atomic E-state index is 10.7. The average Bonchev–Trinajstić information content (AvgIpc) is 2.25. The highest BCUT2D eigenvalue weighted by Crippen LogP contribution is 2.31. The minimum atomic E-state index is -1.13. The first-order valence-corrected chi connectivity index (χ1v) is 4.28. The highest BCUT2D eigenvalue weighted by atomic mass is 16.6. The summed E-state index contributed by atoms with van der Waals surface area (Å²) in [4.78, 5) is 20.4. The number of para-hydroxylation sites is 1. The number of carbonyl (C=O) groups is 1. The molecule has 0 spiro atoms. The lowest BCUT2D eigenvalue weighted by Crippen LogP contribution is -1.96. The quantitative estimate of drug-likeness (QED) is 0.476. The number of nitrogens with zero attached hydrogens (tertiary/aromatic N) is 1. The molecule has 6 heteroatoms. The standard InChI is InChI=1S/C10H9NO5/c1-16-10-7(5-6-9(12)13)3-2-4-8(10)11(14)15/h2-6H,1H3,(H,12,13). The fraction of sp³-hybridized carbons (Fsp3) is 0.100. The van der Waals surface area contributed by atoms with Gasteiger partial charge in [0.1, 0.15) is 0 Å². The van der Waals surface area contributed by atoms with Crippen molar-refractivity contribution in [3.63, 3.8) is 0 Å². The van der Waals surface area contributed by atoms with E-state index in [-0.39, 0.29) is 11.4 Å². The van der Waals surface area contributed by atoms with Gasteiger partial charge in [-0.25, -0.2) is 4.79 Å². The van der Waals surface area contributed by atoms with Gasteiger partial charge in [0.25, 0.3) is 0 Å². The van der Waals surface area contributed by atoms with E-state index in [2.05, 4.69) is 0 Å². The Morgan fingerprint density at radius 1 is 1.56 bits per heavy atom. The second kappa shape index (κ2) is 4.92. The minimum absolute atomic E-state index is 0.0463. The van der Waals surface area contributed by atoms with Gasteiger partial charge < -0.3 is 9.84 Å². The fourth-order valence-electron chi connectivity index (χ4n) is 1.20. The minimum Gasteiger partial charge on any atom is -0.490 e. The summed E-state index contributed by atoms with van der Waals surface area (Å²) in [6.07, 6.45) is 2.13. The normalized spacial score (nSPS) is 10.3. The molecular formula is C10H9NO5. The molecular weight excluding hydrogens is 214 g/mol. The van der Waals surface area contributed by atoms with E-state index in [9.17, 15) is 14.9 Å². The molecule has 0 radical (unpaired) electrons. The number of hydrogen-bond donors (Lipinski definition) is 1. The molecule has 0 bridgehead atoms. The first kappa shape index (κ1) is 11.7. The molecule has 0 saturated heterocycles. The van der Waals surface area contributed by atoms with Gasteiger partial charge in [-0.1, -0.05) is 12.1 Å². The van der Waals surface area contributed by atoms with Crippen LogP contribution in [0.5, 0.6) is 5.75 Å². The van der Waals surface area contributed by atoms with Gasteiger partial charge in [0.05, 0.1) is 12.0 Å². The molecule has 1 aromatic carbocycles. The number of hydrogen-bond acceptors (Lipinski definition) is 4. The zero-order valence-electron chi connectivity index (χ0n) is 8.41. The number of methoxy groups -OCH3 is 1. The van der Waals surface area contributed by atoms with Crippen molar-refractivity contribution in [1.29, 1.82) is 0 Å². The van der Waals surface area contributed by atoms with Crippen molar-refractivity contribution in [3.8, 4) is 5.75 Å². The summed E-state index contributed by atoms with van der Waals surface area (Å²) in [7, 11) is 1.29. The smallest absolute Gasteiger partial charge is 0.328 e. The van der Waals surface area contributed by atoms with Gasteiger partial charge in [-0.15, -0.1) is 0 Å². The van der Waals surface area contributed by atoms with E-state index in [1.54, 1.807) is 0 Å². The van der Waals surface area contributed by atoms with Crippen LogP contribution in [0.4, 0.5) is 5.69 Å². The van der Waals surface area contributed by atoms with Crippen LogP contribution >= 0.6 is 0 Å². The molecule has 0 unspecified atom stereocenters. The molecule has 84 valence electrons. The van der Waals surface area contributed by atoms with E-state index in [0.717, 1.165) is 6.08 Å². The van der Waals surface area contributed by atoms with Gasteiger partial charge >= 0.3 is 11.7 Å². The second-order valence-electron chi connectivity index (χ2n) is 2.83. The number of carboxylic acid groups (broad SMARTS) is 1. The van der Waals surface area contributed by atoms with E-state index < -0.39 is 10.9 Å². The SMILES string of the molecule is COc1c(C=CC(=O)O)cccc1[N+](=O)[O-].